The molecule has 31 heavy (non-hydrogen) atoms. The SMILES string of the molecule is CCCN1C(=O)C(CC(C)C)NC(=O)C12CCN(C(=O)Nc1c(C)cccc1C)CC2. The fourth-order valence-corrected chi connectivity index (χ4v) is 4.83. The fourth-order valence-electron chi connectivity index (χ4n) is 4.83. The first kappa shape index (κ1) is 23.1. The summed E-state index contributed by atoms with van der Waals surface area (Å²) in [4.78, 5) is 42.9. The van der Waals surface area contributed by atoms with Crippen molar-refractivity contribution in [3.8, 4) is 0 Å². The highest BCUT2D eigenvalue weighted by Crippen LogP contribution is 2.34. The average Bonchev–Trinajstić information content (AvgIpc) is 2.72. The van der Waals surface area contributed by atoms with Gasteiger partial charge in [-0.25, -0.2) is 4.79 Å². The molecular weight excluding hydrogens is 392 g/mol. The van der Waals surface area contributed by atoms with Gasteiger partial charge in [0.1, 0.15) is 11.6 Å². The molecule has 2 saturated heterocycles. The van der Waals surface area contributed by atoms with Crippen LogP contribution in [-0.2, 0) is 9.59 Å². The van der Waals surface area contributed by atoms with E-state index in [1.807, 2.05) is 39.0 Å². The molecule has 1 aromatic rings. The van der Waals surface area contributed by atoms with Crippen LogP contribution in [0.1, 0.15) is 57.6 Å². The molecule has 3 rings (SSSR count). The number of hydrogen-bond donors (Lipinski definition) is 2. The normalized spacial score (nSPS) is 20.9. The van der Waals surface area contributed by atoms with E-state index in [0.717, 1.165) is 23.2 Å². The molecule has 2 aliphatic rings. The Morgan fingerprint density at radius 3 is 2.35 bits per heavy atom. The van der Waals surface area contributed by atoms with Gasteiger partial charge in [0.2, 0.25) is 11.8 Å². The van der Waals surface area contributed by atoms with E-state index >= 15 is 0 Å². The van der Waals surface area contributed by atoms with Crippen LogP contribution in [0.3, 0.4) is 0 Å². The first-order chi connectivity index (χ1) is 14.7. The number of aryl methyl sites for hydroxylation is 2. The molecule has 7 heteroatoms. The summed E-state index contributed by atoms with van der Waals surface area (Å²) in [6.45, 7) is 11.5. The van der Waals surface area contributed by atoms with Crippen molar-refractivity contribution < 1.29 is 14.4 Å². The molecular formula is C24H36N4O3. The van der Waals surface area contributed by atoms with Crippen molar-refractivity contribution >= 4 is 23.5 Å². The highest BCUT2D eigenvalue weighted by molar-refractivity contribution is 6.00. The number of likely N-dealkylation sites (tertiary alicyclic amines) is 1. The van der Waals surface area contributed by atoms with Crippen LogP contribution in [0.15, 0.2) is 18.2 Å². The second-order valence-corrected chi connectivity index (χ2v) is 9.36. The molecule has 2 N–H and O–H groups in total. The maximum Gasteiger partial charge on any atom is 0.321 e. The van der Waals surface area contributed by atoms with Gasteiger partial charge in [0.25, 0.3) is 0 Å². The number of amides is 4. The summed E-state index contributed by atoms with van der Waals surface area (Å²) in [6, 6.07) is 5.31. The predicted molar refractivity (Wildman–Crippen MR) is 122 cm³/mol. The van der Waals surface area contributed by atoms with Gasteiger partial charge in [-0.2, -0.15) is 0 Å². The lowest BCUT2D eigenvalue weighted by molar-refractivity contribution is -0.161. The Balaban J connectivity index is 1.73. The van der Waals surface area contributed by atoms with Gasteiger partial charge in [-0.3, -0.25) is 9.59 Å². The first-order valence-corrected chi connectivity index (χ1v) is 11.4. The molecule has 0 saturated carbocycles. The highest BCUT2D eigenvalue weighted by Gasteiger charge is 2.53. The standard InChI is InChI=1S/C24H36N4O3/c1-6-12-28-21(29)19(15-16(2)3)25-22(30)24(28)10-13-27(14-11-24)23(31)26-20-17(4)8-7-9-18(20)5/h7-9,16,19H,6,10-15H2,1-5H3,(H,25,30)(H,26,31). The predicted octanol–water partition coefficient (Wildman–Crippen LogP) is 3.45. The number of piperazine rings is 1. The Morgan fingerprint density at radius 1 is 1.19 bits per heavy atom. The van der Waals surface area contributed by atoms with Crippen molar-refractivity contribution in [1.82, 2.24) is 15.1 Å². The van der Waals surface area contributed by atoms with E-state index in [0.29, 0.717) is 44.8 Å². The van der Waals surface area contributed by atoms with E-state index in [9.17, 15) is 14.4 Å². The van der Waals surface area contributed by atoms with E-state index in [-0.39, 0.29) is 17.8 Å². The third-order valence-corrected chi connectivity index (χ3v) is 6.55. The van der Waals surface area contributed by atoms with Gasteiger partial charge in [-0.15, -0.1) is 0 Å². The smallest absolute Gasteiger partial charge is 0.321 e. The van der Waals surface area contributed by atoms with Crippen LogP contribution in [0.2, 0.25) is 0 Å². The Hall–Kier alpha value is -2.57. The molecule has 2 fully saturated rings. The summed E-state index contributed by atoms with van der Waals surface area (Å²) in [5, 5.41) is 6.03. The van der Waals surface area contributed by atoms with Crippen LogP contribution in [0.5, 0.6) is 0 Å². The summed E-state index contributed by atoms with van der Waals surface area (Å²) < 4.78 is 0. The van der Waals surface area contributed by atoms with E-state index in [1.165, 1.54) is 0 Å². The zero-order chi connectivity index (χ0) is 22.8. The molecule has 2 heterocycles. The average molecular weight is 429 g/mol. The molecule has 1 aromatic carbocycles. The van der Waals surface area contributed by atoms with Crippen LogP contribution in [0.25, 0.3) is 0 Å². The van der Waals surface area contributed by atoms with Crippen molar-refractivity contribution in [1.29, 1.82) is 0 Å². The number of rotatable bonds is 5. The van der Waals surface area contributed by atoms with Crippen molar-refractivity contribution in [2.75, 3.05) is 25.0 Å². The van der Waals surface area contributed by atoms with Gasteiger partial charge in [0.05, 0.1) is 0 Å². The van der Waals surface area contributed by atoms with Crippen LogP contribution in [-0.4, -0.2) is 58.9 Å². The van der Waals surface area contributed by atoms with Crippen molar-refractivity contribution in [3.05, 3.63) is 29.3 Å². The molecule has 1 unspecified atom stereocenters. The van der Waals surface area contributed by atoms with Gasteiger partial charge in [-0.1, -0.05) is 39.0 Å². The lowest BCUT2D eigenvalue weighted by atomic mass is 9.81. The Labute approximate surface area is 185 Å². The Bertz CT molecular complexity index is 823. The van der Waals surface area contributed by atoms with Crippen LogP contribution in [0.4, 0.5) is 10.5 Å². The molecule has 1 spiro atoms. The van der Waals surface area contributed by atoms with Crippen molar-refractivity contribution in [2.45, 2.75) is 71.9 Å². The number of benzene rings is 1. The summed E-state index contributed by atoms with van der Waals surface area (Å²) in [5.41, 5.74) is 2.02. The number of urea groups is 1. The summed E-state index contributed by atoms with van der Waals surface area (Å²) in [5.74, 6) is 0.270. The van der Waals surface area contributed by atoms with E-state index < -0.39 is 11.6 Å². The molecule has 0 radical (unpaired) electrons. The monoisotopic (exact) mass is 428 g/mol. The molecule has 0 bridgehead atoms. The van der Waals surface area contributed by atoms with Gasteiger partial charge >= 0.3 is 6.03 Å². The number of anilines is 1. The number of carbonyl (C=O) groups excluding carboxylic acids is 3. The van der Waals surface area contributed by atoms with Crippen molar-refractivity contribution in [2.24, 2.45) is 5.92 Å². The number of para-hydroxylation sites is 1. The van der Waals surface area contributed by atoms with Crippen LogP contribution < -0.4 is 10.6 Å². The lowest BCUT2D eigenvalue weighted by Gasteiger charge is -2.51. The third kappa shape index (κ3) is 4.55. The molecule has 7 nitrogen and oxygen atoms in total. The third-order valence-electron chi connectivity index (χ3n) is 6.55. The number of nitrogens with one attached hydrogen (secondary N) is 2. The molecule has 170 valence electrons. The molecule has 4 amide bonds. The lowest BCUT2D eigenvalue weighted by Crippen LogP contribution is -2.73. The van der Waals surface area contributed by atoms with E-state index in [1.54, 1.807) is 9.80 Å². The van der Waals surface area contributed by atoms with Crippen LogP contribution in [0, 0.1) is 19.8 Å². The molecule has 0 aliphatic carbocycles. The Kier molecular flexibility index (Phi) is 6.92. The number of hydrogen-bond acceptors (Lipinski definition) is 3. The quantitative estimate of drug-likeness (QED) is 0.754. The van der Waals surface area contributed by atoms with Gasteiger partial charge < -0.3 is 20.4 Å². The molecule has 1 atom stereocenters. The van der Waals surface area contributed by atoms with E-state index in [4.69, 9.17) is 0 Å². The summed E-state index contributed by atoms with van der Waals surface area (Å²) in [7, 11) is 0. The second kappa shape index (κ2) is 9.28. The maximum atomic E-state index is 13.2. The number of piperidine rings is 1. The number of nitrogens with zero attached hydrogens (tertiary/aromatic N) is 2. The number of carbonyl (C=O) groups is 3. The largest absolute Gasteiger partial charge is 0.342 e. The zero-order valence-corrected chi connectivity index (χ0v) is 19.5. The minimum absolute atomic E-state index is 0.0172. The van der Waals surface area contributed by atoms with E-state index in [2.05, 4.69) is 24.5 Å². The molecule has 2 aliphatic heterocycles. The van der Waals surface area contributed by atoms with Crippen molar-refractivity contribution in [3.63, 3.8) is 0 Å². The Morgan fingerprint density at radius 2 is 1.81 bits per heavy atom. The van der Waals surface area contributed by atoms with Gasteiger partial charge in [-0.05, 0) is 56.6 Å². The highest BCUT2D eigenvalue weighted by atomic mass is 16.2. The fraction of sp³-hybridized carbons (Fsp3) is 0.625. The first-order valence-electron chi connectivity index (χ1n) is 11.4. The minimum atomic E-state index is -0.851. The maximum absolute atomic E-state index is 13.2. The van der Waals surface area contributed by atoms with Gasteiger partial charge in [0, 0.05) is 25.3 Å². The summed E-state index contributed by atoms with van der Waals surface area (Å²) >= 11 is 0. The topological polar surface area (TPSA) is 81.8 Å². The summed E-state index contributed by atoms with van der Waals surface area (Å²) in [6.07, 6.45) is 2.36. The second-order valence-electron chi connectivity index (χ2n) is 9.36. The van der Waals surface area contributed by atoms with Gasteiger partial charge in [0.15, 0.2) is 0 Å². The minimum Gasteiger partial charge on any atom is -0.342 e. The zero-order valence-electron chi connectivity index (χ0n) is 19.5. The molecule has 0 aromatic heterocycles. The van der Waals surface area contributed by atoms with Crippen LogP contribution >= 0.6 is 0 Å².